The van der Waals surface area contributed by atoms with Gasteiger partial charge in [-0.1, -0.05) is 50.6 Å². The minimum atomic E-state index is -3.59. The molecule has 1 aromatic carbocycles. The second-order valence-corrected chi connectivity index (χ2v) is 10.3. The molecule has 0 atom stereocenters. The number of hydrogen-bond donors (Lipinski definition) is 1. The van der Waals surface area contributed by atoms with Gasteiger partial charge in [-0.25, -0.2) is 13.1 Å². The van der Waals surface area contributed by atoms with Crippen molar-refractivity contribution in [1.82, 2.24) is 24.1 Å². The molecule has 0 bridgehead atoms. The Bertz CT molecular complexity index is 996. The monoisotopic (exact) mass is 466 g/mol. The molecule has 2 N–H and O–H groups in total. The van der Waals surface area contributed by atoms with E-state index in [0.29, 0.717) is 29.6 Å². The zero-order valence-electron chi connectivity index (χ0n) is 18.0. The van der Waals surface area contributed by atoms with E-state index in [2.05, 4.69) is 10.2 Å². The molecular formula is C20H30N6O3S2. The Morgan fingerprint density at radius 1 is 1.13 bits per heavy atom. The summed E-state index contributed by atoms with van der Waals surface area (Å²) >= 11 is 1.24. The lowest BCUT2D eigenvalue weighted by Gasteiger charge is -2.19. The number of carbonyl (C=O) groups is 1. The topological polar surface area (TPSA) is 114 Å². The van der Waals surface area contributed by atoms with Crippen LogP contribution in [0.15, 0.2) is 34.3 Å². The lowest BCUT2D eigenvalue weighted by atomic mass is 10.2. The van der Waals surface area contributed by atoms with Crippen LogP contribution in [-0.2, 0) is 14.8 Å². The van der Waals surface area contributed by atoms with Gasteiger partial charge in [-0.2, -0.15) is 4.31 Å². The summed E-state index contributed by atoms with van der Waals surface area (Å²) in [6.07, 6.45) is 4.42. The summed E-state index contributed by atoms with van der Waals surface area (Å²) in [6, 6.07) is 6.52. The molecule has 1 saturated heterocycles. The van der Waals surface area contributed by atoms with Gasteiger partial charge in [-0.3, -0.25) is 4.79 Å². The average Bonchev–Trinajstić information content (AvgIpc) is 2.95. The van der Waals surface area contributed by atoms with Crippen LogP contribution >= 0.6 is 11.8 Å². The molecule has 1 aliphatic rings. The molecule has 0 radical (unpaired) electrons. The third-order valence-electron chi connectivity index (χ3n) is 5.38. The number of thioether (sulfide) groups is 1. The van der Waals surface area contributed by atoms with E-state index >= 15 is 0 Å². The van der Waals surface area contributed by atoms with Gasteiger partial charge in [0.2, 0.25) is 21.1 Å². The maximum Gasteiger partial charge on any atom is 0.243 e. The SMILES string of the molecule is CCN(CC)S(=O)(=O)c1cccc(-c2nnc(SCC(=O)N3CCCCCC3)n2N)c1. The highest BCUT2D eigenvalue weighted by Crippen LogP contribution is 2.25. The van der Waals surface area contributed by atoms with Gasteiger partial charge in [0, 0.05) is 31.7 Å². The lowest BCUT2D eigenvalue weighted by molar-refractivity contribution is -0.128. The first-order valence-corrected chi connectivity index (χ1v) is 13.0. The van der Waals surface area contributed by atoms with Crippen LogP contribution in [0, 0.1) is 0 Å². The highest BCUT2D eigenvalue weighted by molar-refractivity contribution is 7.99. The van der Waals surface area contributed by atoms with Crippen molar-refractivity contribution in [2.45, 2.75) is 49.6 Å². The van der Waals surface area contributed by atoms with Gasteiger partial charge in [-0.05, 0) is 25.0 Å². The number of aromatic nitrogens is 3. The number of sulfonamides is 1. The molecule has 1 aliphatic heterocycles. The third kappa shape index (κ3) is 5.39. The number of nitrogen functional groups attached to an aromatic ring is 1. The summed E-state index contributed by atoms with van der Waals surface area (Å²) in [4.78, 5) is 14.6. The number of nitrogens with two attached hydrogens (primary N) is 1. The van der Waals surface area contributed by atoms with Crippen LogP contribution in [0.2, 0.25) is 0 Å². The van der Waals surface area contributed by atoms with Crippen LogP contribution in [0.5, 0.6) is 0 Å². The van der Waals surface area contributed by atoms with Gasteiger partial charge < -0.3 is 10.7 Å². The van der Waals surface area contributed by atoms with Crippen molar-refractivity contribution in [2.24, 2.45) is 0 Å². The normalized spacial score (nSPS) is 15.3. The van der Waals surface area contributed by atoms with E-state index < -0.39 is 10.0 Å². The molecule has 11 heteroatoms. The van der Waals surface area contributed by atoms with Gasteiger partial charge >= 0.3 is 0 Å². The van der Waals surface area contributed by atoms with E-state index in [1.54, 1.807) is 38.1 Å². The summed E-state index contributed by atoms with van der Waals surface area (Å²) in [5, 5.41) is 8.65. The molecule has 0 unspecified atom stereocenters. The van der Waals surface area contributed by atoms with Crippen molar-refractivity contribution in [3.05, 3.63) is 24.3 Å². The number of hydrogen-bond acceptors (Lipinski definition) is 7. The molecule has 1 fully saturated rings. The van der Waals surface area contributed by atoms with E-state index in [1.165, 1.54) is 33.6 Å². The van der Waals surface area contributed by atoms with Gasteiger partial charge in [0.1, 0.15) is 0 Å². The van der Waals surface area contributed by atoms with E-state index in [-0.39, 0.29) is 16.6 Å². The fourth-order valence-electron chi connectivity index (χ4n) is 3.62. The lowest BCUT2D eigenvalue weighted by Crippen LogP contribution is -2.33. The van der Waals surface area contributed by atoms with Crippen LogP contribution in [-0.4, -0.2) is 70.3 Å². The van der Waals surface area contributed by atoms with E-state index in [9.17, 15) is 13.2 Å². The molecule has 1 amide bonds. The van der Waals surface area contributed by atoms with Crippen molar-refractivity contribution >= 4 is 27.7 Å². The summed E-state index contributed by atoms with van der Waals surface area (Å²) < 4.78 is 28.4. The predicted octanol–water partition coefficient (Wildman–Crippen LogP) is 2.18. The van der Waals surface area contributed by atoms with Crippen LogP contribution in [0.1, 0.15) is 39.5 Å². The van der Waals surface area contributed by atoms with Crippen molar-refractivity contribution in [1.29, 1.82) is 0 Å². The largest absolute Gasteiger partial charge is 0.342 e. The molecule has 0 spiro atoms. The standard InChI is InChI=1S/C20H30N6O3S2/c1-3-25(4-2)31(28,29)17-11-9-10-16(14-17)19-22-23-20(26(19)21)30-15-18(27)24-12-7-5-6-8-13-24/h9-11,14H,3-8,12-13,15,21H2,1-2H3. The number of amides is 1. The van der Waals surface area contributed by atoms with Crippen LogP contribution in [0.4, 0.5) is 0 Å². The Hall–Kier alpha value is -2.11. The molecule has 2 heterocycles. The van der Waals surface area contributed by atoms with Crippen molar-refractivity contribution < 1.29 is 13.2 Å². The zero-order valence-corrected chi connectivity index (χ0v) is 19.7. The molecule has 170 valence electrons. The second kappa shape index (κ2) is 10.5. The van der Waals surface area contributed by atoms with E-state index in [1.807, 2.05) is 4.90 Å². The summed E-state index contributed by atoms with van der Waals surface area (Å²) in [6.45, 7) is 5.99. The number of likely N-dealkylation sites (tertiary alicyclic amines) is 1. The molecular weight excluding hydrogens is 436 g/mol. The molecule has 0 aliphatic carbocycles. The maximum atomic E-state index is 12.8. The first-order valence-electron chi connectivity index (χ1n) is 10.6. The van der Waals surface area contributed by atoms with Gasteiger partial charge in [-0.15, -0.1) is 10.2 Å². The minimum Gasteiger partial charge on any atom is -0.342 e. The fourth-order valence-corrected chi connectivity index (χ4v) is 5.88. The van der Waals surface area contributed by atoms with Gasteiger partial charge in [0.05, 0.1) is 10.6 Å². The molecule has 2 aromatic rings. The van der Waals surface area contributed by atoms with Crippen molar-refractivity contribution in [3.63, 3.8) is 0 Å². The Kier molecular flexibility index (Phi) is 7.95. The second-order valence-electron chi connectivity index (χ2n) is 7.38. The van der Waals surface area contributed by atoms with E-state index in [4.69, 9.17) is 5.84 Å². The maximum absolute atomic E-state index is 12.8. The van der Waals surface area contributed by atoms with Crippen molar-refractivity contribution in [3.8, 4) is 11.4 Å². The number of benzene rings is 1. The quantitative estimate of drug-likeness (QED) is 0.468. The highest BCUT2D eigenvalue weighted by atomic mass is 32.2. The average molecular weight is 467 g/mol. The van der Waals surface area contributed by atoms with Crippen LogP contribution < -0.4 is 5.84 Å². The summed E-state index contributed by atoms with van der Waals surface area (Å²) in [5.41, 5.74) is 0.550. The Balaban J connectivity index is 1.75. The zero-order chi connectivity index (χ0) is 22.4. The summed E-state index contributed by atoms with van der Waals surface area (Å²) in [5.74, 6) is 6.85. The highest BCUT2D eigenvalue weighted by Gasteiger charge is 2.23. The predicted molar refractivity (Wildman–Crippen MR) is 121 cm³/mol. The van der Waals surface area contributed by atoms with Crippen LogP contribution in [0.25, 0.3) is 11.4 Å². The Labute approximate surface area is 188 Å². The smallest absolute Gasteiger partial charge is 0.243 e. The minimum absolute atomic E-state index is 0.0729. The van der Waals surface area contributed by atoms with Gasteiger partial charge in [0.15, 0.2) is 5.82 Å². The number of nitrogens with zero attached hydrogens (tertiary/aromatic N) is 5. The van der Waals surface area contributed by atoms with Crippen LogP contribution in [0.3, 0.4) is 0 Å². The number of carbonyl (C=O) groups excluding carboxylic acids is 1. The first-order chi connectivity index (χ1) is 14.9. The Morgan fingerprint density at radius 3 is 2.45 bits per heavy atom. The molecule has 31 heavy (non-hydrogen) atoms. The molecule has 1 aromatic heterocycles. The van der Waals surface area contributed by atoms with Crippen molar-refractivity contribution in [2.75, 3.05) is 37.8 Å². The molecule has 0 saturated carbocycles. The number of rotatable bonds is 8. The third-order valence-corrected chi connectivity index (χ3v) is 8.36. The first kappa shape index (κ1) is 23.6. The Morgan fingerprint density at radius 2 is 1.81 bits per heavy atom. The van der Waals surface area contributed by atoms with E-state index in [0.717, 1.165) is 25.9 Å². The fraction of sp³-hybridized carbons (Fsp3) is 0.550. The molecule has 9 nitrogen and oxygen atoms in total. The van der Waals surface area contributed by atoms with Gasteiger partial charge in [0.25, 0.3) is 0 Å². The molecule has 3 rings (SSSR count). The summed E-state index contributed by atoms with van der Waals surface area (Å²) in [7, 11) is -3.59.